The molecule has 4 rings (SSSR count). The van der Waals surface area contributed by atoms with Crippen molar-refractivity contribution in [2.24, 2.45) is 0 Å². The van der Waals surface area contributed by atoms with Gasteiger partial charge in [-0.05, 0) is 47.4 Å². The van der Waals surface area contributed by atoms with Crippen molar-refractivity contribution in [2.75, 3.05) is 23.9 Å². The van der Waals surface area contributed by atoms with E-state index >= 15 is 0 Å². The number of ether oxygens (including phenoxy) is 1. The van der Waals surface area contributed by atoms with Gasteiger partial charge >= 0.3 is 0 Å². The number of methoxy groups -OCH3 is 1. The molecule has 32 heavy (non-hydrogen) atoms. The van der Waals surface area contributed by atoms with Crippen molar-refractivity contribution in [3.8, 4) is 5.75 Å². The maximum atomic E-state index is 12.6. The van der Waals surface area contributed by atoms with Gasteiger partial charge in [-0.3, -0.25) is 14.9 Å². The summed E-state index contributed by atoms with van der Waals surface area (Å²) in [5, 5.41) is 12.3. The Bertz CT molecular complexity index is 1120. The van der Waals surface area contributed by atoms with E-state index in [1.165, 1.54) is 16.9 Å². The minimum atomic E-state index is -0.226. The van der Waals surface area contributed by atoms with Gasteiger partial charge < -0.3 is 9.64 Å². The molecule has 8 heteroatoms. The summed E-state index contributed by atoms with van der Waals surface area (Å²) in [4.78, 5) is 26.9. The first-order chi connectivity index (χ1) is 15.2. The highest BCUT2D eigenvalue weighted by atomic mass is 32.1. The van der Waals surface area contributed by atoms with E-state index < -0.39 is 0 Å². The lowest BCUT2D eigenvalue weighted by molar-refractivity contribution is -0.117. The number of carbonyl (C=O) groups excluding carboxylic acids is 2. The zero-order valence-electron chi connectivity index (χ0n) is 18.6. The number of rotatable bonds is 5. The SMILES string of the molecule is COc1ccc(N2C[C@@H](c3nnc(NC(=O)c4ccc(C(C)(C)C)cc4)s3)CC2=O)cc1. The molecule has 2 aromatic carbocycles. The van der Waals surface area contributed by atoms with E-state index in [1.807, 2.05) is 48.5 Å². The minimum Gasteiger partial charge on any atom is -0.497 e. The summed E-state index contributed by atoms with van der Waals surface area (Å²) < 4.78 is 5.18. The van der Waals surface area contributed by atoms with Gasteiger partial charge in [-0.25, -0.2) is 0 Å². The van der Waals surface area contributed by atoms with Gasteiger partial charge in [-0.15, -0.1) is 10.2 Å². The molecule has 0 saturated carbocycles. The Balaban J connectivity index is 1.41. The summed E-state index contributed by atoms with van der Waals surface area (Å²) >= 11 is 1.31. The maximum absolute atomic E-state index is 12.6. The molecule has 0 radical (unpaired) electrons. The molecule has 1 fully saturated rings. The first-order valence-corrected chi connectivity index (χ1v) is 11.3. The number of hydrogen-bond donors (Lipinski definition) is 1. The van der Waals surface area contributed by atoms with E-state index in [9.17, 15) is 9.59 Å². The van der Waals surface area contributed by atoms with Crippen LogP contribution in [0.2, 0.25) is 0 Å². The van der Waals surface area contributed by atoms with Crippen molar-refractivity contribution in [1.82, 2.24) is 10.2 Å². The van der Waals surface area contributed by atoms with Gasteiger partial charge in [0.25, 0.3) is 5.91 Å². The third-order valence-corrected chi connectivity index (χ3v) is 6.53. The van der Waals surface area contributed by atoms with Gasteiger partial charge in [0.15, 0.2) is 0 Å². The molecule has 0 unspecified atom stereocenters. The molecule has 3 aromatic rings. The average Bonchev–Trinajstić information content (AvgIpc) is 3.40. The first kappa shape index (κ1) is 22.0. The van der Waals surface area contributed by atoms with Gasteiger partial charge in [0.1, 0.15) is 10.8 Å². The maximum Gasteiger partial charge on any atom is 0.257 e. The molecule has 1 N–H and O–H groups in total. The van der Waals surface area contributed by atoms with Crippen LogP contribution >= 0.6 is 11.3 Å². The predicted molar refractivity (Wildman–Crippen MR) is 126 cm³/mol. The van der Waals surface area contributed by atoms with Gasteiger partial charge in [0, 0.05) is 30.1 Å². The number of anilines is 2. The van der Waals surface area contributed by atoms with Crippen LogP contribution in [-0.4, -0.2) is 35.7 Å². The quantitative estimate of drug-likeness (QED) is 0.613. The van der Waals surface area contributed by atoms with Gasteiger partial charge in [0.05, 0.1) is 7.11 Å². The first-order valence-electron chi connectivity index (χ1n) is 10.4. The zero-order chi connectivity index (χ0) is 22.9. The van der Waals surface area contributed by atoms with Crippen molar-refractivity contribution >= 4 is 34.0 Å². The number of carbonyl (C=O) groups is 2. The monoisotopic (exact) mass is 450 g/mol. The summed E-state index contributed by atoms with van der Waals surface area (Å²) in [5.74, 6) is 0.503. The number of benzene rings is 2. The largest absolute Gasteiger partial charge is 0.497 e. The second-order valence-corrected chi connectivity index (χ2v) is 9.84. The summed E-state index contributed by atoms with van der Waals surface area (Å²) in [6, 6.07) is 15.0. The zero-order valence-corrected chi connectivity index (χ0v) is 19.4. The summed E-state index contributed by atoms with van der Waals surface area (Å²) in [5.41, 5.74) is 2.59. The molecule has 0 spiro atoms. The van der Waals surface area contributed by atoms with Crippen molar-refractivity contribution < 1.29 is 14.3 Å². The van der Waals surface area contributed by atoms with Crippen LogP contribution in [-0.2, 0) is 10.2 Å². The molecule has 166 valence electrons. The molecule has 0 aliphatic carbocycles. The Kier molecular flexibility index (Phi) is 5.97. The fraction of sp³-hybridized carbons (Fsp3) is 0.333. The van der Waals surface area contributed by atoms with Crippen LogP contribution in [0.3, 0.4) is 0 Å². The van der Waals surface area contributed by atoms with E-state index in [1.54, 1.807) is 12.0 Å². The van der Waals surface area contributed by atoms with Crippen LogP contribution in [0.1, 0.15) is 54.0 Å². The molecular weight excluding hydrogens is 424 g/mol. The van der Waals surface area contributed by atoms with E-state index in [2.05, 4.69) is 36.3 Å². The van der Waals surface area contributed by atoms with E-state index in [4.69, 9.17) is 4.74 Å². The molecule has 1 atom stereocenters. The fourth-order valence-electron chi connectivity index (χ4n) is 3.63. The molecule has 1 aliphatic rings. The van der Waals surface area contributed by atoms with Crippen LogP contribution in [0.5, 0.6) is 5.75 Å². The van der Waals surface area contributed by atoms with Gasteiger partial charge in [0.2, 0.25) is 11.0 Å². The molecule has 2 amide bonds. The van der Waals surface area contributed by atoms with E-state index in [0.29, 0.717) is 23.7 Å². The molecule has 1 aromatic heterocycles. The highest BCUT2D eigenvalue weighted by Crippen LogP contribution is 2.35. The highest BCUT2D eigenvalue weighted by Gasteiger charge is 2.34. The normalized spacial score (nSPS) is 16.3. The fourth-order valence-corrected chi connectivity index (χ4v) is 4.46. The Hall–Kier alpha value is -3.26. The molecule has 0 bridgehead atoms. The van der Waals surface area contributed by atoms with Crippen molar-refractivity contribution in [1.29, 1.82) is 0 Å². The number of hydrogen-bond acceptors (Lipinski definition) is 6. The lowest BCUT2D eigenvalue weighted by Gasteiger charge is -2.18. The number of amides is 2. The standard InChI is InChI=1S/C24H26N4O3S/c1-24(2,3)17-7-5-15(6-8-17)21(30)25-23-27-26-22(32-23)16-13-20(29)28(14-16)18-9-11-19(31-4)12-10-18/h5-12,16H,13-14H2,1-4H3,(H,25,27,30)/t16-/m0/s1. The molecule has 7 nitrogen and oxygen atoms in total. The van der Waals surface area contributed by atoms with Crippen LogP contribution < -0.4 is 15.0 Å². The lowest BCUT2D eigenvalue weighted by Crippen LogP contribution is -2.24. The summed E-state index contributed by atoms with van der Waals surface area (Å²) in [6.45, 7) is 6.93. The van der Waals surface area contributed by atoms with Crippen LogP contribution in [0.4, 0.5) is 10.8 Å². The van der Waals surface area contributed by atoms with Crippen molar-refractivity contribution in [3.05, 3.63) is 64.7 Å². The van der Waals surface area contributed by atoms with Gasteiger partial charge in [-0.2, -0.15) is 0 Å². The molecule has 1 saturated heterocycles. The molecule has 2 heterocycles. The Morgan fingerprint density at radius 1 is 1.09 bits per heavy atom. The number of aromatic nitrogens is 2. The Morgan fingerprint density at radius 3 is 2.41 bits per heavy atom. The molecule has 1 aliphatic heterocycles. The van der Waals surface area contributed by atoms with Crippen LogP contribution in [0, 0.1) is 0 Å². The van der Waals surface area contributed by atoms with E-state index in [0.717, 1.165) is 16.4 Å². The number of nitrogens with zero attached hydrogens (tertiary/aromatic N) is 3. The average molecular weight is 451 g/mol. The van der Waals surface area contributed by atoms with Crippen molar-refractivity contribution in [3.63, 3.8) is 0 Å². The summed E-state index contributed by atoms with van der Waals surface area (Å²) in [7, 11) is 1.61. The van der Waals surface area contributed by atoms with Crippen LogP contribution in [0.15, 0.2) is 48.5 Å². The third kappa shape index (κ3) is 4.65. The van der Waals surface area contributed by atoms with Crippen molar-refractivity contribution in [2.45, 2.75) is 38.5 Å². The minimum absolute atomic E-state index is 0.0293. The summed E-state index contributed by atoms with van der Waals surface area (Å²) in [6.07, 6.45) is 0.364. The van der Waals surface area contributed by atoms with Crippen LogP contribution in [0.25, 0.3) is 0 Å². The number of nitrogens with one attached hydrogen (secondary N) is 1. The van der Waals surface area contributed by atoms with E-state index in [-0.39, 0.29) is 23.1 Å². The van der Waals surface area contributed by atoms with Gasteiger partial charge in [-0.1, -0.05) is 44.2 Å². The smallest absolute Gasteiger partial charge is 0.257 e. The Labute approximate surface area is 191 Å². The lowest BCUT2D eigenvalue weighted by atomic mass is 9.87. The topological polar surface area (TPSA) is 84.4 Å². The predicted octanol–water partition coefficient (Wildman–Crippen LogP) is 4.62. The third-order valence-electron chi connectivity index (χ3n) is 5.53. The Morgan fingerprint density at radius 2 is 1.78 bits per heavy atom. The second-order valence-electron chi connectivity index (χ2n) is 8.83. The second kappa shape index (κ2) is 8.70. The highest BCUT2D eigenvalue weighted by molar-refractivity contribution is 7.15. The molecular formula is C24H26N4O3S.